The van der Waals surface area contributed by atoms with Crippen molar-refractivity contribution in [2.45, 2.75) is 6.54 Å². The fourth-order valence-electron chi connectivity index (χ4n) is 1.28. The highest BCUT2D eigenvalue weighted by Crippen LogP contribution is 2.18. The maximum absolute atomic E-state index is 8.55. The number of anilines is 1. The molecule has 0 fully saturated rings. The molecule has 15 heavy (non-hydrogen) atoms. The first-order valence-electron chi connectivity index (χ1n) is 4.42. The number of hydrogen-bond donors (Lipinski definition) is 1. The lowest BCUT2D eigenvalue weighted by atomic mass is 10.2. The number of nitrogens with zero attached hydrogens (tertiary/aromatic N) is 4. The molecule has 0 atom stereocenters. The minimum Gasteiger partial charge on any atom is -0.384 e. The zero-order chi connectivity index (χ0) is 10.7. The first-order chi connectivity index (χ1) is 7.31. The molecular formula is C10H9N5. The van der Waals surface area contributed by atoms with Crippen molar-refractivity contribution in [3.05, 3.63) is 30.6 Å². The van der Waals surface area contributed by atoms with Crippen LogP contribution in [0.2, 0.25) is 0 Å². The molecule has 74 valence electrons. The van der Waals surface area contributed by atoms with Gasteiger partial charge in [0.1, 0.15) is 12.4 Å². The van der Waals surface area contributed by atoms with Gasteiger partial charge in [-0.25, -0.2) is 4.68 Å². The summed E-state index contributed by atoms with van der Waals surface area (Å²) in [5.41, 5.74) is 7.32. The third-order valence-electron chi connectivity index (χ3n) is 1.99. The fourth-order valence-corrected chi connectivity index (χ4v) is 1.28. The second-order valence-corrected chi connectivity index (χ2v) is 3.01. The average Bonchev–Trinajstić information content (AvgIpc) is 2.63. The largest absolute Gasteiger partial charge is 0.384 e. The summed E-state index contributed by atoms with van der Waals surface area (Å²) in [6.45, 7) is 0.159. The predicted octanol–water partition coefficient (Wildman–Crippen LogP) is 1.05. The van der Waals surface area contributed by atoms with Gasteiger partial charge in [0.05, 0.1) is 11.8 Å². The Kier molecular flexibility index (Phi) is 2.33. The highest BCUT2D eigenvalue weighted by atomic mass is 15.3. The van der Waals surface area contributed by atoms with Crippen molar-refractivity contribution in [2.24, 2.45) is 0 Å². The first-order valence-corrected chi connectivity index (χ1v) is 4.42. The summed E-state index contributed by atoms with van der Waals surface area (Å²) in [6.07, 6.45) is 3.40. The molecule has 0 aromatic carbocycles. The van der Waals surface area contributed by atoms with Gasteiger partial charge in [-0.15, -0.1) is 0 Å². The second-order valence-electron chi connectivity index (χ2n) is 3.01. The van der Waals surface area contributed by atoms with Crippen LogP contribution in [0.25, 0.3) is 11.3 Å². The summed E-state index contributed by atoms with van der Waals surface area (Å²) >= 11 is 0. The van der Waals surface area contributed by atoms with E-state index >= 15 is 0 Å². The molecule has 0 radical (unpaired) electrons. The maximum Gasteiger partial charge on any atom is 0.130 e. The van der Waals surface area contributed by atoms with Crippen LogP contribution in [0.1, 0.15) is 0 Å². The SMILES string of the molecule is N#CCn1nc(-c2cccnc2)cc1N. The van der Waals surface area contributed by atoms with Crippen LogP contribution in [-0.4, -0.2) is 14.8 Å². The van der Waals surface area contributed by atoms with Crippen molar-refractivity contribution in [3.8, 4) is 17.3 Å². The monoisotopic (exact) mass is 199 g/mol. The maximum atomic E-state index is 8.55. The van der Waals surface area contributed by atoms with Gasteiger partial charge in [-0.05, 0) is 12.1 Å². The molecule has 0 bridgehead atoms. The molecule has 0 spiro atoms. The van der Waals surface area contributed by atoms with E-state index in [4.69, 9.17) is 11.0 Å². The van der Waals surface area contributed by atoms with Crippen molar-refractivity contribution in [2.75, 3.05) is 5.73 Å². The Morgan fingerprint density at radius 2 is 2.40 bits per heavy atom. The van der Waals surface area contributed by atoms with E-state index < -0.39 is 0 Å². The van der Waals surface area contributed by atoms with E-state index in [9.17, 15) is 0 Å². The van der Waals surface area contributed by atoms with Crippen LogP contribution >= 0.6 is 0 Å². The molecule has 0 saturated heterocycles. The molecule has 2 aromatic heterocycles. The van der Waals surface area contributed by atoms with Crippen LogP contribution in [0.3, 0.4) is 0 Å². The number of hydrogen-bond acceptors (Lipinski definition) is 4. The van der Waals surface area contributed by atoms with Gasteiger partial charge in [-0.2, -0.15) is 10.4 Å². The van der Waals surface area contributed by atoms with Crippen molar-refractivity contribution in [1.82, 2.24) is 14.8 Å². The highest BCUT2D eigenvalue weighted by Gasteiger charge is 2.06. The lowest BCUT2D eigenvalue weighted by molar-refractivity contribution is 0.723. The minimum absolute atomic E-state index is 0.159. The van der Waals surface area contributed by atoms with Crippen molar-refractivity contribution in [3.63, 3.8) is 0 Å². The van der Waals surface area contributed by atoms with Gasteiger partial charge in [0, 0.05) is 24.0 Å². The van der Waals surface area contributed by atoms with E-state index in [1.807, 2.05) is 18.2 Å². The van der Waals surface area contributed by atoms with Gasteiger partial charge < -0.3 is 5.73 Å². The molecule has 2 aromatic rings. The smallest absolute Gasteiger partial charge is 0.130 e. The van der Waals surface area contributed by atoms with Crippen LogP contribution < -0.4 is 5.73 Å². The summed E-state index contributed by atoms with van der Waals surface area (Å²) in [4.78, 5) is 3.99. The summed E-state index contributed by atoms with van der Waals surface area (Å²) < 4.78 is 1.46. The normalized spacial score (nSPS) is 9.80. The molecule has 0 unspecified atom stereocenters. The number of nitrogens with two attached hydrogens (primary N) is 1. The summed E-state index contributed by atoms with van der Waals surface area (Å²) in [7, 11) is 0. The van der Waals surface area contributed by atoms with Crippen LogP contribution in [0.5, 0.6) is 0 Å². The molecule has 2 heterocycles. The lowest BCUT2D eigenvalue weighted by Crippen LogP contribution is -2.02. The Bertz CT molecular complexity index is 494. The van der Waals surface area contributed by atoms with Gasteiger partial charge in [-0.3, -0.25) is 4.98 Å². The zero-order valence-electron chi connectivity index (χ0n) is 7.96. The van der Waals surface area contributed by atoms with E-state index in [0.717, 1.165) is 11.3 Å². The Morgan fingerprint density at radius 3 is 3.07 bits per heavy atom. The van der Waals surface area contributed by atoms with Crippen molar-refractivity contribution in [1.29, 1.82) is 5.26 Å². The predicted molar refractivity (Wildman–Crippen MR) is 55.5 cm³/mol. The minimum atomic E-state index is 0.159. The molecule has 5 nitrogen and oxygen atoms in total. The van der Waals surface area contributed by atoms with Crippen molar-refractivity contribution >= 4 is 5.82 Å². The number of rotatable bonds is 2. The average molecular weight is 199 g/mol. The summed E-state index contributed by atoms with van der Waals surface area (Å²) in [6, 6.07) is 7.45. The molecule has 2 N–H and O–H groups in total. The zero-order valence-corrected chi connectivity index (χ0v) is 7.96. The molecule has 0 saturated carbocycles. The number of aromatic nitrogens is 3. The van der Waals surface area contributed by atoms with E-state index in [1.165, 1.54) is 4.68 Å². The molecule has 0 aliphatic heterocycles. The Labute approximate surface area is 86.8 Å². The van der Waals surface area contributed by atoms with Crippen LogP contribution in [0, 0.1) is 11.3 Å². The Balaban J connectivity index is 2.40. The van der Waals surface area contributed by atoms with Gasteiger partial charge >= 0.3 is 0 Å². The van der Waals surface area contributed by atoms with Crippen molar-refractivity contribution < 1.29 is 0 Å². The number of nitriles is 1. The van der Waals surface area contributed by atoms with E-state index in [0.29, 0.717) is 5.82 Å². The van der Waals surface area contributed by atoms with E-state index in [1.54, 1.807) is 18.5 Å². The quantitative estimate of drug-likeness (QED) is 0.783. The highest BCUT2D eigenvalue weighted by molar-refractivity contribution is 5.61. The molecule has 0 aliphatic rings. The molecule has 0 aliphatic carbocycles. The summed E-state index contributed by atoms with van der Waals surface area (Å²) in [5, 5.41) is 12.7. The van der Waals surface area contributed by atoms with Gasteiger partial charge in [0.2, 0.25) is 0 Å². The van der Waals surface area contributed by atoms with Crippen LogP contribution in [-0.2, 0) is 6.54 Å². The standard InChI is InChI=1S/C10H9N5/c11-3-5-15-10(12)6-9(14-15)8-2-1-4-13-7-8/h1-2,4,6-7H,5,12H2. The Morgan fingerprint density at radius 1 is 1.53 bits per heavy atom. The molecule has 0 amide bonds. The Hall–Kier alpha value is -2.35. The molecular weight excluding hydrogens is 190 g/mol. The van der Waals surface area contributed by atoms with Gasteiger partial charge in [0.25, 0.3) is 0 Å². The second kappa shape index (κ2) is 3.80. The van der Waals surface area contributed by atoms with Gasteiger partial charge in [0.15, 0.2) is 0 Å². The van der Waals surface area contributed by atoms with Gasteiger partial charge in [-0.1, -0.05) is 0 Å². The topological polar surface area (TPSA) is 80.5 Å². The molecule has 2 rings (SSSR count). The van der Waals surface area contributed by atoms with E-state index in [-0.39, 0.29) is 6.54 Å². The number of pyridine rings is 1. The lowest BCUT2D eigenvalue weighted by Gasteiger charge is -1.95. The van der Waals surface area contributed by atoms with E-state index in [2.05, 4.69) is 10.1 Å². The fraction of sp³-hybridized carbons (Fsp3) is 0.100. The first kappa shape index (κ1) is 9.21. The van der Waals surface area contributed by atoms with Crippen LogP contribution in [0.15, 0.2) is 30.6 Å². The third kappa shape index (κ3) is 1.79. The van der Waals surface area contributed by atoms with Crippen LogP contribution in [0.4, 0.5) is 5.82 Å². The third-order valence-corrected chi connectivity index (χ3v) is 1.99. The molecule has 5 heteroatoms. The summed E-state index contributed by atoms with van der Waals surface area (Å²) in [5.74, 6) is 0.482. The number of nitrogen functional groups attached to an aromatic ring is 1.